The minimum atomic E-state index is -0.592. The maximum atomic E-state index is 12.0. The number of imidazole rings is 1. The normalized spacial score (nSPS) is 12.2. The second-order valence-electron chi connectivity index (χ2n) is 6.74. The molecule has 0 fully saturated rings. The third-order valence-corrected chi connectivity index (χ3v) is 6.03. The first-order chi connectivity index (χ1) is 14.5. The van der Waals surface area contributed by atoms with Crippen LogP contribution in [0.5, 0.6) is 5.88 Å². The summed E-state index contributed by atoms with van der Waals surface area (Å²) < 4.78 is 7.93. The molecule has 7 nitrogen and oxygen atoms in total. The fraction of sp³-hybridized carbons (Fsp3) is 0.190. The molecule has 1 atom stereocenters. The highest BCUT2D eigenvalue weighted by Gasteiger charge is 2.23. The van der Waals surface area contributed by atoms with Crippen molar-refractivity contribution in [3.8, 4) is 16.6 Å². The molecule has 154 valence electrons. The van der Waals surface area contributed by atoms with E-state index in [1.165, 1.54) is 11.3 Å². The summed E-state index contributed by atoms with van der Waals surface area (Å²) in [6, 6.07) is 11.5. The molecule has 4 aromatic rings. The number of carbonyl (C=O) groups excluding carboxylic acids is 1. The first-order valence-electron chi connectivity index (χ1n) is 9.30. The zero-order valence-electron chi connectivity index (χ0n) is 16.4. The summed E-state index contributed by atoms with van der Waals surface area (Å²) >= 11 is 7.63. The van der Waals surface area contributed by atoms with Crippen LogP contribution >= 0.6 is 22.9 Å². The van der Waals surface area contributed by atoms with Crippen molar-refractivity contribution >= 4 is 34.5 Å². The van der Waals surface area contributed by atoms with Gasteiger partial charge in [-0.05, 0) is 37.7 Å². The maximum Gasteiger partial charge on any atom is 0.264 e. The van der Waals surface area contributed by atoms with Crippen LogP contribution in [0.25, 0.3) is 16.3 Å². The Morgan fingerprint density at radius 1 is 1.37 bits per heavy atom. The molecule has 4 rings (SSSR count). The Morgan fingerprint density at radius 3 is 2.93 bits per heavy atom. The molecule has 0 unspecified atom stereocenters. The van der Waals surface area contributed by atoms with E-state index in [0.717, 1.165) is 29.0 Å². The van der Waals surface area contributed by atoms with E-state index in [-0.39, 0.29) is 10.8 Å². The molecule has 0 aliphatic carbocycles. The van der Waals surface area contributed by atoms with Gasteiger partial charge in [0.25, 0.3) is 5.91 Å². The number of aromatic nitrogens is 3. The summed E-state index contributed by atoms with van der Waals surface area (Å²) in [7, 11) is 1.88. The highest BCUT2D eigenvalue weighted by atomic mass is 35.5. The number of nitrogens with one attached hydrogen (secondary N) is 1. The Kier molecular flexibility index (Phi) is 5.72. The highest BCUT2D eigenvalue weighted by Crippen LogP contribution is 2.36. The van der Waals surface area contributed by atoms with E-state index in [0.29, 0.717) is 10.0 Å². The topological polar surface area (TPSA) is 94.5 Å². The Hall–Kier alpha value is -2.94. The van der Waals surface area contributed by atoms with Gasteiger partial charge in [-0.15, -0.1) is 11.3 Å². The Labute approximate surface area is 182 Å². The number of amides is 1. The first kappa shape index (κ1) is 20.3. The van der Waals surface area contributed by atoms with Crippen LogP contribution in [0, 0.1) is 0 Å². The van der Waals surface area contributed by atoms with Crippen molar-refractivity contribution in [2.45, 2.75) is 19.6 Å². The van der Waals surface area contributed by atoms with Crippen molar-refractivity contribution < 1.29 is 9.53 Å². The zero-order valence-corrected chi connectivity index (χ0v) is 18.0. The standard InChI is InChI=1S/C21H20ClN5O2S/c1-12(14-7-6-13(10-24-2)9-15(14)22)29-20-18(19(23)28)30-21(26-20)16-11-25-17-5-3-4-8-27(16)17/h3-9,11-12,24H,10H2,1-2H3,(H2,23,28)/t12-/m1/s1. The molecule has 3 N–H and O–H groups in total. The summed E-state index contributed by atoms with van der Waals surface area (Å²) in [4.78, 5) is 21.2. The van der Waals surface area contributed by atoms with E-state index in [9.17, 15) is 4.79 Å². The predicted octanol–water partition coefficient (Wildman–Crippen LogP) is 4.07. The summed E-state index contributed by atoms with van der Waals surface area (Å²) in [6.07, 6.45) is 3.18. The number of benzene rings is 1. The van der Waals surface area contributed by atoms with Crippen LogP contribution in [0.15, 0.2) is 48.8 Å². The van der Waals surface area contributed by atoms with Gasteiger partial charge in [-0.25, -0.2) is 4.98 Å². The van der Waals surface area contributed by atoms with Gasteiger partial charge in [0.1, 0.15) is 22.5 Å². The van der Waals surface area contributed by atoms with Crippen molar-refractivity contribution in [1.29, 1.82) is 0 Å². The van der Waals surface area contributed by atoms with Gasteiger partial charge < -0.3 is 15.8 Å². The lowest BCUT2D eigenvalue weighted by Crippen LogP contribution is -2.13. The van der Waals surface area contributed by atoms with Gasteiger partial charge in [-0.1, -0.05) is 29.8 Å². The lowest BCUT2D eigenvalue weighted by molar-refractivity contribution is 0.0997. The first-order valence-corrected chi connectivity index (χ1v) is 10.5. The number of nitrogens with zero attached hydrogens (tertiary/aromatic N) is 3. The second-order valence-corrected chi connectivity index (χ2v) is 8.14. The van der Waals surface area contributed by atoms with E-state index in [1.54, 1.807) is 6.20 Å². The molecule has 0 aliphatic rings. The molecule has 0 saturated carbocycles. The van der Waals surface area contributed by atoms with Gasteiger partial charge in [-0.3, -0.25) is 9.20 Å². The van der Waals surface area contributed by atoms with E-state index in [1.807, 2.05) is 61.0 Å². The van der Waals surface area contributed by atoms with Gasteiger partial charge in [-0.2, -0.15) is 4.98 Å². The third kappa shape index (κ3) is 3.89. The number of hydrogen-bond donors (Lipinski definition) is 2. The van der Waals surface area contributed by atoms with Crippen LogP contribution in [0.4, 0.5) is 0 Å². The molecule has 0 aliphatic heterocycles. The summed E-state index contributed by atoms with van der Waals surface area (Å²) in [5, 5.41) is 4.28. The van der Waals surface area contributed by atoms with Gasteiger partial charge in [0.2, 0.25) is 5.88 Å². The minimum Gasteiger partial charge on any atom is -0.469 e. The molecular formula is C21H20ClN5O2S. The van der Waals surface area contributed by atoms with Crippen LogP contribution in [-0.4, -0.2) is 27.3 Å². The SMILES string of the molecule is CNCc1ccc([C@@H](C)Oc2nc(-c3cnc4ccccn34)sc2C(N)=O)c(Cl)c1. The molecule has 3 heterocycles. The van der Waals surface area contributed by atoms with Gasteiger partial charge in [0.15, 0.2) is 4.88 Å². The number of hydrogen-bond acceptors (Lipinski definition) is 6. The molecule has 0 spiro atoms. The lowest BCUT2D eigenvalue weighted by atomic mass is 10.1. The van der Waals surface area contributed by atoms with Crippen molar-refractivity contribution in [2.24, 2.45) is 5.73 Å². The third-order valence-electron chi connectivity index (χ3n) is 4.63. The minimum absolute atomic E-state index is 0.191. The van der Waals surface area contributed by atoms with Crippen LogP contribution in [-0.2, 0) is 6.54 Å². The molecule has 1 aromatic carbocycles. The molecule has 30 heavy (non-hydrogen) atoms. The summed E-state index contributed by atoms with van der Waals surface area (Å²) in [5.74, 6) is -0.401. The van der Waals surface area contributed by atoms with Crippen LogP contribution in [0.1, 0.15) is 33.8 Å². The molecule has 0 bridgehead atoms. The fourth-order valence-electron chi connectivity index (χ4n) is 3.19. The summed E-state index contributed by atoms with van der Waals surface area (Å²) in [5.41, 5.74) is 9.00. The predicted molar refractivity (Wildman–Crippen MR) is 118 cm³/mol. The Bertz CT molecular complexity index is 1220. The van der Waals surface area contributed by atoms with E-state index in [2.05, 4.69) is 15.3 Å². The average molecular weight is 442 g/mol. The van der Waals surface area contributed by atoms with Crippen molar-refractivity contribution in [2.75, 3.05) is 7.05 Å². The smallest absolute Gasteiger partial charge is 0.264 e. The number of ether oxygens (including phenoxy) is 1. The van der Waals surface area contributed by atoms with Gasteiger partial charge in [0, 0.05) is 23.3 Å². The van der Waals surface area contributed by atoms with Crippen LogP contribution < -0.4 is 15.8 Å². The Morgan fingerprint density at radius 2 is 2.20 bits per heavy atom. The number of nitrogens with two attached hydrogens (primary N) is 1. The largest absolute Gasteiger partial charge is 0.469 e. The Balaban J connectivity index is 1.67. The van der Waals surface area contributed by atoms with Gasteiger partial charge in [0.05, 0.1) is 6.20 Å². The number of thiazole rings is 1. The average Bonchev–Trinajstić information content (AvgIpc) is 3.32. The van der Waals surface area contributed by atoms with Crippen molar-refractivity contribution in [1.82, 2.24) is 19.7 Å². The van der Waals surface area contributed by atoms with Crippen LogP contribution in [0.2, 0.25) is 5.02 Å². The lowest BCUT2D eigenvalue weighted by Gasteiger charge is -2.16. The fourth-order valence-corrected chi connectivity index (χ4v) is 4.40. The number of fused-ring (bicyclic) bond motifs is 1. The van der Waals surface area contributed by atoms with Crippen molar-refractivity contribution in [3.05, 3.63) is 69.8 Å². The van der Waals surface area contributed by atoms with E-state index < -0.39 is 12.0 Å². The zero-order chi connectivity index (χ0) is 21.3. The van der Waals surface area contributed by atoms with Crippen molar-refractivity contribution in [3.63, 3.8) is 0 Å². The number of pyridine rings is 1. The van der Waals surface area contributed by atoms with Gasteiger partial charge >= 0.3 is 0 Å². The number of carbonyl (C=O) groups is 1. The quantitative estimate of drug-likeness (QED) is 0.450. The highest BCUT2D eigenvalue weighted by molar-refractivity contribution is 7.17. The second kappa shape index (κ2) is 8.43. The van der Waals surface area contributed by atoms with E-state index in [4.69, 9.17) is 22.1 Å². The molecule has 3 aromatic heterocycles. The summed E-state index contributed by atoms with van der Waals surface area (Å²) in [6.45, 7) is 2.58. The molecule has 9 heteroatoms. The molecular weight excluding hydrogens is 422 g/mol. The number of rotatable bonds is 7. The maximum absolute atomic E-state index is 12.0. The number of primary amides is 1. The molecule has 0 radical (unpaired) electrons. The number of halogens is 1. The van der Waals surface area contributed by atoms with E-state index >= 15 is 0 Å². The van der Waals surface area contributed by atoms with Crippen LogP contribution in [0.3, 0.4) is 0 Å². The monoisotopic (exact) mass is 441 g/mol. The molecule has 0 saturated heterocycles. The molecule has 1 amide bonds.